The Morgan fingerprint density at radius 1 is 1.46 bits per heavy atom. The third-order valence-corrected chi connectivity index (χ3v) is 2.78. The van der Waals surface area contributed by atoms with Crippen molar-refractivity contribution in [2.75, 3.05) is 38.2 Å². The largest absolute Gasteiger partial charge is 0.354 e. The number of carbonyl (C=O) groups excluding carboxylic acids is 1. The highest BCUT2D eigenvalue weighted by molar-refractivity contribution is 7.99. The van der Waals surface area contributed by atoms with Crippen molar-refractivity contribution in [3.8, 4) is 0 Å². The van der Waals surface area contributed by atoms with E-state index in [0.29, 0.717) is 5.75 Å². The molecule has 0 radical (unpaired) electrons. The van der Waals surface area contributed by atoms with Crippen molar-refractivity contribution in [2.24, 2.45) is 0 Å². The molecule has 1 amide bonds. The number of carbonyl (C=O) groups is 1. The zero-order valence-electron chi connectivity index (χ0n) is 8.21. The van der Waals surface area contributed by atoms with Crippen molar-refractivity contribution < 1.29 is 4.79 Å². The van der Waals surface area contributed by atoms with E-state index in [1.807, 2.05) is 6.26 Å². The summed E-state index contributed by atoms with van der Waals surface area (Å²) in [6, 6.07) is 0. The second-order valence-corrected chi connectivity index (χ2v) is 4.20. The van der Waals surface area contributed by atoms with Crippen molar-refractivity contribution in [2.45, 2.75) is 12.8 Å². The number of thioether (sulfide) groups is 1. The molecule has 0 bridgehead atoms. The van der Waals surface area contributed by atoms with Crippen molar-refractivity contribution in [1.82, 2.24) is 10.2 Å². The van der Waals surface area contributed by atoms with Gasteiger partial charge in [-0.2, -0.15) is 11.8 Å². The number of amides is 1. The van der Waals surface area contributed by atoms with Crippen LogP contribution in [0.4, 0.5) is 0 Å². The zero-order valence-corrected chi connectivity index (χ0v) is 9.03. The minimum Gasteiger partial charge on any atom is -0.354 e. The minimum atomic E-state index is 0.159. The van der Waals surface area contributed by atoms with Gasteiger partial charge >= 0.3 is 0 Å². The first-order valence-corrected chi connectivity index (χ1v) is 6.20. The molecule has 3 nitrogen and oxygen atoms in total. The van der Waals surface area contributed by atoms with Crippen LogP contribution in [0.25, 0.3) is 0 Å². The summed E-state index contributed by atoms with van der Waals surface area (Å²) in [6.45, 7) is 4.23. The van der Waals surface area contributed by atoms with Crippen LogP contribution in [0.3, 0.4) is 0 Å². The monoisotopic (exact) mass is 202 g/mol. The summed E-state index contributed by atoms with van der Waals surface area (Å²) in [5.41, 5.74) is 0. The van der Waals surface area contributed by atoms with Crippen LogP contribution in [0.1, 0.15) is 12.8 Å². The van der Waals surface area contributed by atoms with Crippen molar-refractivity contribution in [3.05, 3.63) is 0 Å². The van der Waals surface area contributed by atoms with E-state index in [2.05, 4.69) is 10.2 Å². The third kappa shape index (κ3) is 4.52. The van der Waals surface area contributed by atoms with Crippen LogP contribution in [-0.4, -0.2) is 49.0 Å². The first kappa shape index (κ1) is 10.9. The van der Waals surface area contributed by atoms with Crippen LogP contribution in [0.5, 0.6) is 0 Å². The van der Waals surface area contributed by atoms with Crippen molar-refractivity contribution >= 4 is 17.7 Å². The number of nitrogens with one attached hydrogen (secondary N) is 1. The number of hydrogen-bond donors (Lipinski definition) is 1. The van der Waals surface area contributed by atoms with E-state index in [1.54, 1.807) is 11.8 Å². The van der Waals surface area contributed by atoms with Gasteiger partial charge in [0.2, 0.25) is 5.91 Å². The summed E-state index contributed by atoms with van der Waals surface area (Å²) >= 11 is 1.57. The molecule has 0 atom stereocenters. The minimum absolute atomic E-state index is 0.159. The molecule has 0 aromatic carbocycles. The molecule has 1 heterocycles. The van der Waals surface area contributed by atoms with Crippen LogP contribution >= 0.6 is 11.8 Å². The van der Waals surface area contributed by atoms with E-state index >= 15 is 0 Å². The van der Waals surface area contributed by atoms with Gasteiger partial charge in [-0.25, -0.2) is 0 Å². The van der Waals surface area contributed by atoms with E-state index in [1.165, 1.54) is 25.9 Å². The van der Waals surface area contributed by atoms with E-state index in [4.69, 9.17) is 0 Å². The molecular formula is C9H18N2OS. The summed E-state index contributed by atoms with van der Waals surface area (Å²) in [4.78, 5) is 13.5. The summed E-state index contributed by atoms with van der Waals surface area (Å²) in [5, 5.41) is 2.91. The smallest absolute Gasteiger partial charge is 0.230 e. The van der Waals surface area contributed by atoms with Crippen LogP contribution < -0.4 is 5.32 Å². The van der Waals surface area contributed by atoms with Crippen LogP contribution in [-0.2, 0) is 4.79 Å². The molecule has 13 heavy (non-hydrogen) atoms. The quantitative estimate of drug-likeness (QED) is 0.707. The first-order valence-electron chi connectivity index (χ1n) is 4.81. The van der Waals surface area contributed by atoms with E-state index in [9.17, 15) is 4.79 Å². The summed E-state index contributed by atoms with van der Waals surface area (Å²) < 4.78 is 0. The number of rotatable bonds is 5. The molecular weight excluding hydrogens is 184 g/mol. The molecule has 1 rings (SSSR count). The fourth-order valence-electron chi connectivity index (χ4n) is 1.54. The van der Waals surface area contributed by atoms with E-state index in [0.717, 1.165) is 13.1 Å². The fourth-order valence-corrected chi connectivity index (χ4v) is 1.91. The predicted molar refractivity (Wildman–Crippen MR) is 57.1 cm³/mol. The SMILES string of the molecule is CSCC(=O)NCCN1CCCC1. The number of hydrogen-bond acceptors (Lipinski definition) is 3. The lowest BCUT2D eigenvalue weighted by Crippen LogP contribution is -2.34. The standard InChI is InChI=1S/C9H18N2OS/c1-13-8-9(12)10-4-7-11-5-2-3-6-11/h2-8H2,1H3,(H,10,12). The summed E-state index contributed by atoms with van der Waals surface area (Å²) in [7, 11) is 0. The lowest BCUT2D eigenvalue weighted by Gasteiger charge is -2.14. The highest BCUT2D eigenvalue weighted by Crippen LogP contribution is 2.05. The molecule has 1 saturated heterocycles. The Morgan fingerprint density at radius 3 is 2.77 bits per heavy atom. The maximum atomic E-state index is 11.1. The van der Waals surface area contributed by atoms with Crippen LogP contribution in [0.15, 0.2) is 0 Å². The Hall–Kier alpha value is -0.220. The Kier molecular flexibility index (Phi) is 5.23. The van der Waals surface area contributed by atoms with Gasteiger partial charge in [0.1, 0.15) is 0 Å². The molecule has 1 aliphatic heterocycles. The average Bonchev–Trinajstić information content (AvgIpc) is 2.57. The van der Waals surface area contributed by atoms with Gasteiger partial charge in [-0.1, -0.05) is 0 Å². The Bertz CT molecular complexity index is 158. The Labute approximate surface area is 84.2 Å². The predicted octanol–water partition coefficient (Wildman–Crippen LogP) is 0.561. The fraction of sp³-hybridized carbons (Fsp3) is 0.889. The molecule has 0 aromatic rings. The molecule has 0 saturated carbocycles. The van der Waals surface area contributed by atoms with Gasteiger partial charge in [0.05, 0.1) is 5.75 Å². The second-order valence-electron chi connectivity index (χ2n) is 3.33. The van der Waals surface area contributed by atoms with Gasteiger partial charge in [0, 0.05) is 13.1 Å². The van der Waals surface area contributed by atoms with Gasteiger partial charge in [0.25, 0.3) is 0 Å². The van der Waals surface area contributed by atoms with Gasteiger partial charge in [-0.05, 0) is 32.2 Å². The van der Waals surface area contributed by atoms with Crippen molar-refractivity contribution in [1.29, 1.82) is 0 Å². The van der Waals surface area contributed by atoms with Gasteiger partial charge in [-0.15, -0.1) is 0 Å². The Balaban J connectivity index is 1.96. The molecule has 1 N–H and O–H groups in total. The van der Waals surface area contributed by atoms with Crippen molar-refractivity contribution in [3.63, 3.8) is 0 Å². The highest BCUT2D eigenvalue weighted by Gasteiger charge is 2.10. The van der Waals surface area contributed by atoms with Gasteiger partial charge in [-0.3, -0.25) is 4.79 Å². The van der Waals surface area contributed by atoms with E-state index in [-0.39, 0.29) is 5.91 Å². The third-order valence-electron chi connectivity index (χ3n) is 2.22. The lowest BCUT2D eigenvalue weighted by atomic mass is 10.4. The molecule has 1 aliphatic rings. The molecule has 76 valence electrons. The normalized spacial score (nSPS) is 17.6. The molecule has 0 spiro atoms. The van der Waals surface area contributed by atoms with Crippen LogP contribution in [0.2, 0.25) is 0 Å². The summed E-state index contributed by atoms with van der Waals surface area (Å²) in [5.74, 6) is 0.742. The second kappa shape index (κ2) is 6.27. The van der Waals surface area contributed by atoms with Gasteiger partial charge < -0.3 is 10.2 Å². The first-order chi connectivity index (χ1) is 6.33. The molecule has 0 unspecified atom stereocenters. The van der Waals surface area contributed by atoms with Crippen LogP contribution in [0, 0.1) is 0 Å². The molecule has 0 aliphatic carbocycles. The maximum Gasteiger partial charge on any atom is 0.230 e. The lowest BCUT2D eigenvalue weighted by molar-refractivity contribution is -0.118. The molecule has 4 heteroatoms. The molecule has 1 fully saturated rings. The number of likely N-dealkylation sites (tertiary alicyclic amines) is 1. The maximum absolute atomic E-state index is 11.1. The Morgan fingerprint density at radius 2 is 2.15 bits per heavy atom. The van der Waals surface area contributed by atoms with E-state index < -0.39 is 0 Å². The highest BCUT2D eigenvalue weighted by atomic mass is 32.2. The zero-order chi connectivity index (χ0) is 9.52. The summed E-state index contributed by atoms with van der Waals surface area (Å²) in [6.07, 6.45) is 4.58. The topological polar surface area (TPSA) is 32.3 Å². The number of nitrogens with zero attached hydrogens (tertiary/aromatic N) is 1. The van der Waals surface area contributed by atoms with Gasteiger partial charge in [0.15, 0.2) is 0 Å². The average molecular weight is 202 g/mol. The molecule has 0 aromatic heterocycles.